The van der Waals surface area contributed by atoms with E-state index in [1.54, 1.807) is 0 Å². The molecular formula is C12H22N2O2. The average molecular weight is 226 g/mol. The zero-order valence-corrected chi connectivity index (χ0v) is 9.82. The van der Waals surface area contributed by atoms with Crippen molar-refractivity contribution in [3.63, 3.8) is 0 Å². The second-order valence-electron chi connectivity index (χ2n) is 5.00. The summed E-state index contributed by atoms with van der Waals surface area (Å²) in [5, 5.41) is 12.5. The minimum absolute atomic E-state index is 0.0723. The van der Waals surface area contributed by atoms with Gasteiger partial charge in [0.05, 0.1) is 12.6 Å². The zero-order chi connectivity index (χ0) is 11.4. The van der Waals surface area contributed by atoms with Crippen LogP contribution in [0, 0.1) is 5.92 Å². The van der Waals surface area contributed by atoms with Crippen molar-refractivity contribution in [2.24, 2.45) is 5.92 Å². The van der Waals surface area contributed by atoms with Crippen molar-refractivity contribution in [2.75, 3.05) is 26.2 Å². The first-order valence-electron chi connectivity index (χ1n) is 6.42. The summed E-state index contributed by atoms with van der Waals surface area (Å²) in [5.74, 6) is 0.766. The molecule has 1 amide bonds. The number of nitrogens with zero attached hydrogens (tertiary/aromatic N) is 1. The van der Waals surface area contributed by atoms with E-state index in [4.69, 9.17) is 0 Å². The van der Waals surface area contributed by atoms with E-state index in [1.165, 1.54) is 6.42 Å². The molecule has 4 heteroatoms. The van der Waals surface area contributed by atoms with Gasteiger partial charge in [-0.25, -0.2) is 0 Å². The van der Waals surface area contributed by atoms with Gasteiger partial charge in [0.1, 0.15) is 0 Å². The quantitative estimate of drug-likeness (QED) is 0.730. The first-order chi connectivity index (χ1) is 7.81. The van der Waals surface area contributed by atoms with E-state index in [-0.39, 0.29) is 18.6 Å². The van der Waals surface area contributed by atoms with Crippen molar-refractivity contribution < 1.29 is 9.90 Å². The van der Waals surface area contributed by atoms with Crippen LogP contribution >= 0.6 is 0 Å². The van der Waals surface area contributed by atoms with Gasteiger partial charge in [0, 0.05) is 13.0 Å². The van der Waals surface area contributed by atoms with Gasteiger partial charge in [0.2, 0.25) is 5.91 Å². The van der Waals surface area contributed by atoms with Gasteiger partial charge in [-0.05, 0) is 31.8 Å². The molecule has 0 aromatic heterocycles. The molecule has 4 nitrogen and oxygen atoms in total. The smallest absolute Gasteiger partial charge is 0.223 e. The Morgan fingerprint density at radius 3 is 2.75 bits per heavy atom. The molecule has 92 valence electrons. The van der Waals surface area contributed by atoms with Crippen molar-refractivity contribution in [3.05, 3.63) is 0 Å². The van der Waals surface area contributed by atoms with Gasteiger partial charge in [-0.2, -0.15) is 0 Å². The molecule has 2 heterocycles. The van der Waals surface area contributed by atoms with Crippen LogP contribution in [0.25, 0.3) is 0 Å². The van der Waals surface area contributed by atoms with Gasteiger partial charge in [-0.1, -0.05) is 12.8 Å². The van der Waals surface area contributed by atoms with E-state index in [9.17, 15) is 9.90 Å². The van der Waals surface area contributed by atoms with E-state index in [0.717, 1.165) is 38.9 Å². The number of likely N-dealkylation sites (tertiary alicyclic amines) is 1. The van der Waals surface area contributed by atoms with Gasteiger partial charge < -0.3 is 15.3 Å². The first kappa shape index (κ1) is 11.9. The third-order valence-electron chi connectivity index (χ3n) is 3.74. The SMILES string of the molecule is O=C(CC1CNC1)N1CCCCCC1CO. The number of nitrogens with one attached hydrogen (secondary N) is 1. The highest BCUT2D eigenvalue weighted by Gasteiger charge is 2.28. The van der Waals surface area contributed by atoms with Crippen LogP contribution in [0.3, 0.4) is 0 Å². The third-order valence-corrected chi connectivity index (χ3v) is 3.74. The monoisotopic (exact) mass is 226 g/mol. The number of carbonyl (C=O) groups excluding carboxylic acids is 1. The summed E-state index contributed by atoms with van der Waals surface area (Å²) in [6, 6.07) is 0.0723. The summed E-state index contributed by atoms with van der Waals surface area (Å²) < 4.78 is 0. The molecule has 0 aliphatic carbocycles. The Labute approximate surface area is 97.0 Å². The van der Waals surface area contributed by atoms with Crippen LogP contribution in [-0.2, 0) is 4.79 Å². The first-order valence-corrected chi connectivity index (χ1v) is 6.42. The Bertz CT molecular complexity index is 241. The van der Waals surface area contributed by atoms with E-state index in [1.807, 2.05) is 4.90 Å². The van der Waals surface area contributed by atoms with Crippen LogP contribution in [0.5, 0.6) is 0 Å². The number of rotatable bonds is 3. The molecule has 1 unspecified atom stereocenters. The molecule has 0 radical (unpaired) electrons. The van der Waals surface area contributed by atoms with E-state index in [0.29, 0.717) is 12.3 Å². The molecule has 0 aromatic rings. The minimum Gasteiger partial charge on any atom is -0.394 e. The molecule has 0 saturated carbocycles. The number of hydrogen-bond donors (Lipinski definition) is 2. The Kier molecular flexibility index (Phi) is 4.18. The molecule has 2 aliphatic heterocycles. The number of aliphatic hydroxyl groups is 1. The molecule has 0 spiro atoms. The van der Waals surface area contributed by atoms with Gasteiger partial charge in [0.15, 0.2) is 0 Å². The van der Waals surface area contributed by atoms with E-state index < -0.39 is 0 Å². The molecule has 0 bridgehead atoms. The lowest BCUT2D eigenvalue weighted by Gasteiger charge is -2.33. The third kappa shape index (κ3) is 2.74. The highest BCUT2D eigenvalue weighted by Crippen LogP contribution is 2.19. The van der Waals surface area contributed by atoms with Crippen LogP contribution in [0.4, 0.5) is 0 Å². The molecular weight excluding hydrogens is 204 g/mol. The van der Waals surface area contributed by atoms with Crippen LogP contribution < -0.4 is 5.32 Å². The second-order valence-corrected chi connectivity index (χ2v) is 5.00. The standard InChI is InChI=1S/C12H22N2O2/c15-9-11-4-2-1-3-5-14(11)12(16)6-10-7-13-8-10/h10-11,13,15H,1-9H2. The maximum Gasteiger partial charge on any atom is 0.223 e. The Morgan fingerprint density at radius 2 is 2.12 bits per heavy atom. The molecule has 2 aliphatic rings. The van der Waals surface area contributed by atoms with Crippen molar-refractivity contribution in [3.8, 4) is 0 Å². The van der Waals surface area contributed by atoms with Gasteiger partial charge in [-0.15, -0.1) is 0 Å². The fourth-order valence-corrected chi connectivity index (χ4v) is 2.55. The van der Waals surface area contributed by atoms with Crippen LogP contribution in [0.15, 0.2) is 0 Å². The fraction of sp³-hybridized carbons (Fsp3) is 0.917. The van der Waals surface area contributed by atoms with Gasteiger partial charge >= 0.3 is 0 Å². The van der Waals surface area contributed by atoms with E-state index >= 15 is 0 Å². The average Bonchev–Trinajstić information content (AvgIpc) is 2.47. The lowest BCUT2D eigenvalue weighted by atomic mass is 9.98. The number of carbonyl (C=O) groups is 1. The van der Waals surface area contributed by atoms with Gasteiger partial charge in [0.25, 0.3) is 0 Å². The minimum atomic E-state index is 0.0723. The summed E-state index contributed by atoms with van der Waals surface area (Å²) in [4.78, 5) is 14.0. The number of amides is 1. The van der Waals surface area contributed by atoms with Crippen LogP contribution in [-0.4, -0.2) is 48.2 Å². The molecule has 2 rings (SSSR count). The molecule has 2 fully saturated rings. The van der Waals surface area contributed by atoms with E-state index in [2.05, 4.69) is 5.32 Å². The summed E-state index contributed by atoms with van der Waals surface area (Å²) in [5.41, 5.74) is 0. The lowest BCUT2D eigenvalue weighted by molar-refractivity contribution is -0.135. The largest absolute Gasteiger partial charge is 0.394 e. The molecule has 2 N–H and O–H groups in total. The van der Waals surface area contributed by atoms with Crippen LogP contribution in [0.2, 0.25) is 0 Å². The summed E-state index contributed by atoms with van der Waals surface area (Å²) in [7, 11) is 0. The number of aliphatic hydroxyl groups excluding tert-OH is 1. The Hall–Kier alpha value is -0.610. The van der Waals surface area contributed by atoms with Crippen molar-refractivity contribution in [1.29, 1.82) is 0 Å². The molecule has 2 saturated heterocycles. The topological polar surface area (TPSA) is 52.6 Å². The maximum absolute atomic E-state index is 12.1. The fourth-order valence-electron chi connectivity index (χ4n) is 2.55. The second kappa shape index (κ2) is 5.64. The normalized spacial score (nSPS) is 27.3. The van der Waals surface area contributed by atoms with Gasteiger partial charge in [-0.3, -0.25) is 4.79 Å². The molecule has 0 aromatic carbocycles. The van der Waals surface area contributed by atoms with Crippen LogP contribution in [0.1, 0.15) is 32.1 Å². The van der Waals surface area contributed by atoms with Crippen molar-refractivity contribution in [2.45, 2.75) is 38.1 Å². The maximum atomic E-state index is 12.1. The molecule has 1 atom stereocenters. The van der Waals surface area contributed by atoms with Crippen molar-refractivity contribution in [1.82, 2.24) is 10.2 Å². The number of hydrogen-bond acceptors (Lipinski definition) is 3. The summed E-state index contributed by atoms with van der Waals surface area (Å²) >= 11 is 0. The Morgan fingerprint density at radius 1 is 1.31 bits per heavy atom. The lowest BCUT2D eigenvalue weighted by Crippen LogP contribution is -2.48. The summed E-state index contributed by atoms with van der Waals surface area (Å²) in [6.45, 7) is 2.91. The Balaban J connectivity index is 1.89. The predicted octanol–water partition coefficient (Wildman–Crippen LogP) is 0.359. The summed E-state index contributed by atoms with van der Waals surface area (Å²) in [6.07, 6.45) is 5.03. The zero-order valence-electron chi connectivity index (χ0n) is 9.82. The molecule has 16 heavy (non-hydrogen) atoms. The highest BCUT2D eigenvalue weighted by molar-refractivity contribution is 5.77. The highest BCUT2D eigenvalue weighted by atomic mass is 16.3. The predicted molar refractivity (Wildman–Crippen MR) is 62.0 cm³/mol. The van der Waals surface area contributed by atoms with Crippen molar-refractivity contribution >= 4 is 5.91 Å².